The van der Waals surface area contributed by atoms with Gasteiger partial charge in [0.25, 0.3) is 0 Å². The van der Waals surface area contributed by atoms with E-state index in [0.717, 1.165) is 0 Å². The molecule has 1 aliphatic rings. The molecule has 2 atom stereocenters. The lowest BCUT2D eigenvalue weighted by Gasteiger charge is -2.18. The summed E-state index contributed by atoms with van der Waals surface area (Å²) in [6.07, 6.45) is 0. The Balaban J connectivity index is 1.92. The van der Waals surface area contributed by atoms with E-state index in [4.69, 9.17) is 11.6 Å². The summed E-state index contributed by atoms with van der Waals surface area (Å²) >= 11 is 5.88. The minimum atomic E-state index is -0.239. The van der Waals surface area contributed by atoms with E-state index in [1.54, 1.807) is 36.4 Å². The Hall–Kier alpha value is -1.71. The van der Waals surface area contributed by atoms with Crippen molar-refractivity contribution in [2.75, 3.05) is 20.1 Å². The first kappa shape index (κ1) is 15.2. The van der Waals surface area contributed by atoms with E-state index in [-0.39, 0.29) is 23.4 Å². The molecule has 3 rings (SSSR count). The molecule has 0 aromatic heterocycles. The van der Waals surface area contributed by atoms with E-state index >= 15 is 0 Å². The van der Waals surface area contributed by atoms with Gasteiger partial charge in [-0.3, -0.25) is 4.79 Å². The number of likely N-dealkylation sites (tertiary alicyclic amines) is 1. The van der Waals surface area contributed by atoms with Crippen LogP contribution in [0.3, 0.4) is 0 Å². The molecule has 2 aromatic rings. The van der Waals surface area contributed by atoms with Crippen LogP contribution in [-0.2, 0) is 0 Å². The predicted octanol–water partition coefficient (Wildman–Crippen LogP) is 4.01. The van der Waals surface area contributed by atoms with Gasteiger partial charge >= 0.3 is 0 Å². The van der Waals surface area contributed by atoms with Crippen LogP contribution >= 0.6 is 11.6 Å². The number of carbonyl (C=O) groups is 1. The van der Waals surface area contributed by atoms with Crippen molar-refractivity contribution >= 4 is 17.4 Å². The predicted molar refractivity (Wildman–Crippen MR) is 85.9 cm³/mol. The zero-order valence-corrected chi connectivity index (χ0v) is 13.1. The normalized spacial score (nSPS) is 22.0. The Bertz CT molecular complexity index is 686. The lowest BCUT2D eigenvalue weighted by Crippen LogP contribution is -2.22. The second kappa shape index (κ2) is 6.19. The zero-order chi connectivity index (χ0) is 15.7. The fourth-order valence-electron chi connectivity index (χ4n) is 3.19. The van der Waals surface area contributed by atoms with E-state index in [1.807, 2.05) is 13.1 Å². The largest absolute Gasteiger partial charge is 0.305 e. The number of rotatable bonds is 3. The molecule has 2 unspecified atom stereocenters. The minimum Gasteiger partial charge on any atom is -0.305 e. The van der Waals surface area contributed by atoms with Gasteiger partial charge in [-0.2, -0.15) is 0 Å². The van der Waals surface area contributed by atoms with Gasteiger partial charge in [0.1, 0.15) is 5.82 Å². The highest BCUT2D eigenvalue weighted by Crippen LogP contribution is 2.35. The van der Waals surface area contributed by atoms with Gasteiger partial charge in [-0.05, 0) is 42.9 Å². The van der Waals surface area contributed by atoms with E-state index < -0.39 is 0 Å². The SMILES string of the molecule is CN1CC(C(=O)c2ccc(Cl)cc2)C(c2ccccc2F)C1. The zero-order valence-electron chi connectivity index (χ0n) is 12.3. The number of ketones is 1. The average molecular weight is 318 g/mol. The van der Waals surface area contributed by atoms with Crippen molar-refractivity contribution in [1.82, 2.24) is 4.90 Å². The van der Waals surface area contributed by atoms with Crippen molar-refractivity contribution in [2.45, 2.75) is 5.92 Å². The van der Waals surface area contributed by atoms with Gasteiger partial charge in [-0.1, -0.05) is 29.8 Å². The molecule has 1 fully saturated rings. The fraction of sp³-hybridized carbons (Fsp3) is 0.278. The first-order valence-corrected chi connectivity index (χ1v) is 7.67. The van der Waals surface area contributed by atoms with Gasteiger partial charge in [-0.25, -0.2) is 4.39 Å². The molecule has 2 aromatic carbocycles. The number of halogens is 2. The highest BCUT2D eigenvalue weighted by Gasteiger charge is 2.38. The second-order valence-corrected chi connectivity index (χ2v) is 6.26. The van der Waals surface area contributed by atoms with Gasteiger partial charge < -0.3 is 4.90 Å². The van der Waals surface area contributed by atoms with Crippen LogP contribution in [0.2, 0.25) is 5.02 Å². The monoisotopic (exact) mass is 317 g/mol. The molecule has 0 amide bonds. The van der Waals surface area contributed by atoms with Gasteiger partial charge in [0.2, 0.25) is 0 Å². The van der Waals surface area contributed by atoms with Crippen LogP contribution < -0.4 is 0 Å². The molecule has 1 saturated heterocycles. The Morgan fingerprint density at radius 2 is 1.82 bits per heavy atom. The summed E-state index contributed by atoms with van der Waals surface area (Å²) in [6, 6.07) is 13.6. The van der Waals surface area contributed by atoms with Crippen molar-refractivity contribution < 1.29 is 9.18 Å². The summed E-state index contributed by atoms with van der Waals surface area (Å²) < 4.78 is 14.1. The van der Waals surface area contributed by atoms with Gasteiger partial charge in [0, 0.05) is 35.5 Å². The lowest BCUT2D eigenvalue weighted by molar-refractivity contribution is 0.0915. The maximum atomic E-state index is 14.1. The minimum absolute atomic E-state index is 0.0502. The summed E-state index contributed by atoms with van der Waals surface area (Å²) in [5, 5.41) is 0.603. The van der Waals surface area contributed by atoms with Crippen LogP contribution in [0, 0.1) is 11.7 Å². The number of likely N-dealkylation sites (N-methyl/N-ethyl adjacent to an activating group) is 1. The number of nitrogens with zero attached hydrogens (tertiary/aromatic N) is 1. The molecule has 0 N–H and O–H groups in total. The quantitative estimate of drug-likeness (QED) is 0.797. The molecule has 0 radical (unpaired) electrons. The smallest absolute Gasteiger partial charge is 0.167 e. The molecule has 0 bridgehead atoms. The van der Waals surface area contributed by atoms with Crippen LogP contribution in [0.5, 0.6) is 0 Å². The molecular weight excluding hydrogens is 301 g/mol. The number of hydrogen-bond donors (Lipinski definition) is 0. The van der Waals surface area contributed by atoms with Crippen LogP contribution in [0.15, 0.2) is 48.5 Å². The van der Waals surface area contributed by atoms with Crippen molar-refractivity contribution in [1.29, 1.82) is 0 Å². The highest BCUT2D eigenvalue weighted by molar-refractivity contribution is 6.30. The van der Waals surface area contributed by atoms with Crippen molar-refractivity contribution in [3.05, 3.63) is 70.5 Å². The summed E-state index contributed by atoms with van der Waals surface area (Å²) in [5.41, 5.74) is 1.25. The summed E-state index contributed by atoms with van der Waals surface area (Å²) in [6.45, 7) is 1.32. The van der Waals surface area contributed by atoms with Crippen LogP contribution in [0.25, 0.3) is 0 Å². The molecule has 22 heavy (non-hydrogen) atoms. The molecule has 114 valence electrons. The Morgan fingerprint density at radius 3 is 2.50 bits per heavy atom. The van der Waals surface area contributed by atoms with E-state index in [1.165, 1.54) is 6.07 Å². The van der Waals surface area contributed by atoms with Crippen LogP contribution in [0.4, 0.5) is 4.39 Å². The van der Waals surface area contributed by atoms with Crippen molar-refractivity contribution in [2.24, 2.45) is 5.92 Å². The molecule has 0 spiro atoms. The standard InChI is InChI=1S/C18H17ClFNO/c1-21-10-15(14-4-2-3-5-17(14)20)16(11-21)18(22)12-6-8-13(19)9-7-12/h2-9,15-16H,10-11H2,1H3. The third-order valence-electron chi connectivity index (χ3n) is 4.27. The molecule has 1 heterocycles. The maximum Gasteiger partial charge on any atom is 0.167 e. The first-order chi connectivity index (χ1) is 10.6. The topological polar surface area (TPSA) is 20.3 Å². The molecular formula is C18H17ClFNO. The maximum absolute atomic E-state index is 14.1. The van der Waals surface area contributed by atoms with E-state index in [2.05, 4.69) is 4.90 Å². The Morgan fingerprint density at radius 1 is 1.14 bits per heavy atom. The highest BCUT2D eigenvalue weighted by atomic mass is 35.5. The number of carbonyl (C=O) groups excluding carboxylic acids is 1. The van der Waals surface area contributed by atoms with Gasteiger partial charge in [0.15, 0.2) is 5.78 Å². The molecule has 2 nitrogen and oxygen atoms in total. The number of Topliss-reactive ketones (excluding diaryl/α,β-unsaturated/α-hetero) is 1. The third-order valence-corrected chi connectivity index (χ3v) is 4.52. The molecule has 1 aliphatic heterocycles. The second-order valence-electron chi connectivity index (χ2n) is 5.83. The van der Waals surface area contributed by atoms with Gasteiger partial charge in [0.05, 0.1) is 0 Å². The third kappa shape index (κ3) is 2.92. The summed E-state index contributed by atoms with van der Waals surface area (Å²) in [5.74, 6) is -0.538. The van der Waals surface area contributed by atoms with Crippen molar-refractivity contribution in [3.8, 4) is 0 Å². The Kier molecular flexibility index (Phi) is 4.27. The van der Waals surface area contributed by atoms with Crippen LogP contribution in [-0.4, -0.2) is 30.8 Å². The van der Waals surface area contributed by atoms with Crippen LogP contribution in [0.1, 0.15) is 21.8 Å². The molecule has 0 aliphatic carbocycles. The summed E-state index contributed by atoms with van der Waals surface area (Å²) in [7, 11) is 1.96. The van der Waals surface area contributed by atoms with Gasteiger partial charge in [-0.15, -0.1) is 0 Å². The molecule has 4 heteroatoms. The Labute approximate surface area is 134 Å². The molecule has 0 saturated carbocycles. The van der Waals surface area contributed by atoms with E-state index in [0.29, 0.717) is 29.2 Å². The van der Waals surface area contributed by atoms with Crippen molar-refractivity contribution in [3.63, 3.8) is 0 Å². The first-order valence-electron chi connectivity index (χ1n) is 7.29. The number of hydrogen-bond acceptors (Lipinski definition) is 2. The lowest BCUT2D eigenvalue weighted by atomic mass is 9.83. The summed E-state index contributed by atoms with van der Waals surface area (Å²) in [4.78, 5) is 14.9. The fourth-order valence-corrected chi connectivity index (χ4v) is 3.31. The van der Waals surface area contributed by atoms with E-state index in [9.17, 15) is 9.18 Å². The average Bonchev–Trinajstić information content (AvgIpc) is 2.89. The number of benzene rings is 2.